The third-order valence-corrected chi connectivity index (χ3v) is 10.2. The van der Waals surface area contributed by atoms with Crippen molar-refractivity contribution in [2.45, 2.75) is 103 Å². The van der Waals surface area contributed by atoms with Crippen molar-refractivity contribution in [1.82, 2.24) is 31.5 Å². The number of alkyl carbamates (subject to hydrolysis) is 1. The fraction of sp³-hybridized carbons (Fsp3) is 0.455. The fourth-order valence-electron chi connectivity index (χ4n) is 6.70. The van der Waals surface area contributed by atoms with Gasteiger partial charge in [0.15, 0.2) is 0 Å². The van der Waals surface area contributed by atoms with Gasteiger partial charge in [-0.2, -0.15) is 0 Å². The lowest BCUT2D eigenvalue weighted by Gasteiger charge is -2.32. The van der Waals surface area contributed by atoms with E-state index >= 15 is 0 Å². The smallest absolute Gasteiger partial charge is 0.407 e. The zero-order valence-corrected chi connectivity index (χ0v) is 34.7. The molecule has 3 aromatic carbocycles. The van der Waals surface area contributed by atoms with E-state index in [1.54, 1.807) is 38.1 Å². The zero-order chi connectivity index (χ0) is 42.2. The van der Waals surface area contributed by atoms with E-state index in [1.165, 1.54) is 11.9 Å². The maximum atomic E-state index is 14.5. The highest BCUT2D eigenvalue weighted by atomic mass is 35.5. The van der Waals surface area contributed by atoms with Crippen LogP contribution in [0.3, 0.4) is 0 Å². The van der Waals surface area contributed by atoms with Gasteiger partial charge in [0, 0.05) is 31.5 Å². The monoisotopic (exact) mass is 816 g/mol. The molecular formula is C44H57ClN6O7. The van der Waals surface area contributed by atoms with Crippen LogP contribution in [0.4, 0.5) is 4.79 Å². The Hall–Kier alpha value is -5.43. The van der Waals surface area contributed by atoms with E-state index in [4.69, 9.17) is 16.3 Å². The van der Waals surface area contributed by atoms with Crippen LogP contribution in [0.5, 0.6) is 0 Å². The summed E-state index contributed by atoms with van der Waals surface area (Å²) in [6.07, 6.45) is 0.952. The number of benzene rings is 3. The molecular weight excluding hydrogens is 760 g/mol. The first-order valence-corrected chi connectivity index (χ1v) is 20.3. The normalized spacial score (nSPS) is 21.0. The number of hydrogen-bond acceptors (Lipinski definition) is 7. The first-order chi connectivity index (χ1) is 27.7. The second-order valence-corrected chi connectivity index (χ2v) is 15.9. The Morgan fingerprint density at radius 3 is 1.86 bits per heavy atom. The molecule has 0 spiro atoms. The molecule has 5 atom stereocenters. The number of amides is 6. The first kappa shape index (κ1) is 45.3. The number of hydrogen-bond donors (Lipinski definition) is 5. The van der Waals surface area contributed by atoms with Gasteiger partial charge in [-0.25, -0.2) is 4.79 Å². The lowest BCUT2D eigenvalue weighted by molar-refractivity contribution is -0.143. The van der Waals surface area contributed by atoms with Gasteiger partial charge in [0.1, 0.15) is 36.8 Å². The SMILES string of the molecule is CC(C)C[C@@H]1NC(=O)[C@H](Cc2ccccc2)NC(=O)[C@@H](Cc2ccccc2)N(C)C(=O)[C@@H](CCCCNC(=O)OCc2ccc(Cl)cc2)NC(=O)[C@H](C(C)C)NC1=O. The number of carbonyl (C=O) groups is 6. The van der Waals surface area contributed by atoms with E-state index in [1.807, 2.05) is 74.5 Å². The van der Waals surface area contributed by atoms with Crippen LogP contribution in [0.1, 0.15) is 70.1 Å². The maximum absolute atomic E-state index is 14.5. The van der Waals surface area contributed by atoms with Crippen LogP contribution in [0.25, 0.3) is 0 Å². The minimum absolute atomic E-state index is 0.00245. The van der Waals surface area contributed by atoms with Crippen LogP contribution in [0, 0.1) is 11.8 Å². The van der Waals surface area contributed by atoms with Crippen LogP contribution in [0.2, 0.25) is 5.02 Å². The summed E-state index contributed by atoms with van der Waals surface area (Å²) in [7, 11) is 1.51. The molecule has 6 amide bonds. The highest BCUT2D eigenvalue weighted by molar-refractivity contribution is 6.30. The van der Waals surface area contributed by atoms with Gasteiger partial charge in [0.25, 0.3) is 0 Å². The van der Waals surface area contributed by atoms with Gasteiger partial charge in [-0.3, -0.25) is 24.0 Å². The van der Waals surface area contributed by atoms with Crippen molar-refractivity contribution in [3.63, 3.8) is 0 Å². The molecule has 58 heavy (non-hydrogen) atoms. The molecule has 3 aromatic rings. The van der Waals surface area contributed by atoms with Crippen molar-refractivity contribution in [3.8, 4) is 0 Å². The molecule has 1 saturated heterocycles. The molecule has 4 rings (SSSR count). The summed E-state index contributed by atoms with van der Waals surface area (Å²) in [4.78, 5) is 84.6. The van der Waals surface area contributed by atoms with Crippen LogP contribution in [0.15, 0.2) is 84.9 Å². The number of carbonyl (C=O) groups excluding carboxylic acids is 6. The molecule has 1 aliphatic rings. The predicted octanol–water partition coefficient (Wildman–Crippen LogP) is 4.70. The van der Waals surface area contributed by atoms with Crippen molar-refractivity contribution in [2.24, 2.45) is 11.8 Å². The number of nitrogens with one attached hydrogen (secondary N) is 5. The summed E-state index contributed by atoms with van der Waals surface area (Å²) < 4.78 is 5.30. The molecule has 13 nitrogen and oxygen atoms in total. The molecule has 0 saturated carbocycles. The van der Waals surface area contributed by atoms with E-state index in [0.717, 1.165) is 16.7 Å². The van der Waals surface area contributed by atoms with Gasteiger partial charge in [-0.15, -0.1) is 0 Å². The molecule has 1 fully saturated rings. The minimum atomic E-state index is -1.09. The van der Waals surface area contributed by atoms with Crippen molar-refractivity contribution in [1.29, 1.82) is 0 Å². The first-order valence-electron chi connectivity index (χ1n) is 19.9. The molecule has 0 aromatic heterocycles. The van der Waals surface area contributed by atoms with Crippen molar-refractivity contribution in [2.75, 3.05) is 13.6 Å². The highest BCUT2D eigenvalue weighted by Gasteiger charge is 2.38. The third-order valence-electron chi connectivity index (χ3n) is 9.98. The summed E-state index contributed by atoms with van der Waals surface area (Å²) in [6.45, 7) is 7.72. The maximum Gasteiger partial charge on any atom is 0.407 e. The fourth-order valence-corrected chi connectivity index (χ4v) is 6.82. The summed E-state index contributed by atoms with van der Waals surface area (Å²) in [6, 6.07) is 20.1. The molecule has 5 N–H and O–H groups in total. The summed E-state index contributed by atoms with van der Waals surface area (Å²) >= 11 is 5.93. The average Bonchev–Trinajstić information content (AvgIpc) is 3.20. The van der Waals surface area contributed by atoms with Crippen LogP contribution < -0.4 is 26.6 Å². The molecule has 14 heteroatoms. The topological polar surface area (TPSA) is 175 Å². The summed E-state index contributed by atoms with van der Waals surface area (Å²) in [5, 5.41) is 14.8. The minimum Gasteiger partial charge on any atom is -0.445 e. The predicted molar refractivity (Wildman–Crippen MR) is 222 cm³/mol. The molecule has 0 unspecified atom stereocenters. The van der Waals surface area contributed by atoms with Crippen LogP contribution >= 0.6 is 11.6 Å². The van der Waals surface area contributed by atoms with E-state index < -0.39 is 65.8 Å². The van der Waals surface area contributed by atoms with E-state index in [-0.39, 0.29) is 50.7 Å². The number of halogens is 1. The average molecular weight is 817 g/mol. The highest BCUT2D eigenvalue weighted by Crippen LogP contribution is 2.16. The van der Waals surface area contributed by atoms with E-state index in [0.29, 0.717) is 17.9 Å². The second-order valence-electron chi connectivity index (χ2n) is 15.5. The Morgan fingerprint density at radius 1 is 0.690 bits per heavy atom. The number of nitrogens with zero attached hydrogens (tertiary/aromatic N) is 1. The quantitative estimate of drug-likeness (QED) is 0.147. The number of unbranched alkanes of at least 4 members (excludes halogenated alkanes) is 1. The Bertz CT molecular complexity index is 1830. The third kappa shape index (κ3) is 14.2. The Morgan fingerprint density at radius 2 is 1.26 bits per heavy atom. The molecule has 1 heterocycles. The summed E-state index contributed by atoms with van der Waals surface area (Å²) in [5.74, 6) is -3.16. The van der Waals surface area contributed by atoms with Gasteiger partial charge in [0.2, 0.25) is 29.5 Å². The largest absolute Gasteiger partial charge is 0.445 e. The second kappa shape index (κ2) is 22.5. The number of likely N-dealkylation sites (N-methyl/N-ethyl adjacent to an activating group) is 1. The van der Waals surface area contributed by atoms with E-state index in [2.05, 4.69) is 26.6 Å². The number of rotatable bonds is 14. The van der Waals surface area contributed by atoms with Crippen molar-refractivity contribution in [3.05, 3.63) is 107 Å². The van der Waals surface area contributed by atoms with Crippen molar-refractivity contribution >= 4 is 47.2 Å². The molecule has 0 aliphatic carbocycles. The van der Waals surface area contributed by atoms with Crippen molar-refractivity contribution < 1.29 is 33.5 Å². The molecule has 0 bridgehead atoms. The standard InChI is InChI=1S/C44H57ClN6O7/c1-28(2)24-35-40(53)50-38(29(3)4)42(55)47-34(18-12-13-23-46-44(57)58-27-32-19-21-33(45)22-20-32)43(56)51(5)37(26-31-16-10-7-11-17-31)41(54)49-36(39(52)48-35)25-30-14-8-6-9-15-30/h6-11,14-17,19-22,28-29,34-38H,12-13,18,23-27H2,1-5H3,(H,46,57)(H,47,55)(H,48,52)(H,49,54)(H,50,53)/t34-,35+,36+,37-,38+/m1/s1. The Labute approximate surface area is 346 Å². The van der Waals surface area contributed by atoms with Crippen LogP contribution in [-0.2, 0) is 48.2 Å². The Balaban J connectivity index is 1.61. The van der Waals surface area contributed by atoms with Gasteiger partial charge in [-0.05, 0) is 66.3 Å². The van der Waals surface area contributed by atoms with Crippen LogP contribution in [-0.4, -0.2) is 84.3 Å². The van der Waals surface area contributed by atoms with E-state index in [9.17, 15) is 28.8 Å². The lowest BCUT2D eigenvalue weighted by atomic mass is 9.98. The molecule has 0 radical (unpaired) electrons. The Kier molecular flexibility index (Phi) is 17.6. The van der Waals surface area contributed by atoms with Gasteiger partial charge < -0.3 is 36.2 Å². The molecule has 312 valence electrons. The molecule has 1 aliphatic heterocycles. The van der Waals surface area contributed by atoms with Gasteiger partial charge in [0.05, 0.1) is 0 Å². The zero-order valence-electron chi connectivity index (χ0n) is 34.0. The van der Waals surface area contributed by atoms with Gasteiger partial charge in [-0.1, -0.05) is 112 Å². The lowest BCUT2D eigenvalue weighted by Crippen LogP contribution is -2.59. The summed E-state index contributed by atoms with van der Waals surface area (Å²) in [5.41, 5.74) is 2.35. The number of ether oxygens (including phenoxy) is 1. The van der Waals surface area contributed by atoms with Gasteiger partial charge >= 0.3 is 6.09 Å².